The van der Waals surface area contributed by atoms with Crippen molar-refractivity contribution in [2.75, 3.05) is 30.3 Å². The van der Waals surface area contributed by atoms with Gasteiger partial charge in [-0.25, -0.2) is 9.78 Å². The lowest BCUT2D eigenvalue weighted by molar-refractivity contribution is -0.116. The topological polar surface area (TPSA) is 108 Å². The molecule has 2 heterocycles. The number of benzene rings is 2. The maximum absolute atomic E-state index is 13.2. The monoisotopic (exact) mass is 488 g/mol. The molecular formula is C27H32N6O3. The molecule has 0 aliphatic carbocycles. The Bertz CT molecular complexity index is 1180. The molecule has 36 heavy (non-hydrogen) atoms. The number of rotatable bonds is 8. The van der Waals surface area contributed by atoms with Crippen LogP contribution < -0.4 is 16.0 Å². The fourth-order valence-corrected chi connectivity index (χ4v) is 4.25. The third-order valence-electron chi connectivity index (χ3n) is 6.22. The number of urea groups is 1. The molecule has 0 spiro atoms. The van der Waals surface area contributed by atoms with Gasteiger partial charge in [0, 0.05) is 61.9 Å². The first-order chi connectivity index (χ1) is 17.5. The van der Waals surface area contributed by atoms with Gasteiger partial charge < -0.3 is 25.4 Å². The molecular weight excluding hydrogens is 456 g/mol. The van der Waals surface area contributed by atoms with E-state index in [1.54, 1.807) is 36.8 Å². The molecule has 1 aromatic heterocycles. The zero-order valence-corrected chi connectivity index (χ0v) is 20.4. The van der Waals surface area contributed by atoms with Crippen molar-refractivity contribution in [1.82, 2.24) is 19.8 Å². The highest BCUT2D eigenvalue weighted by molar-refractivity contribution is 5.97. The summed E-state index contributed by atoms with van der Waals surface area (Å²) in [5, 5.41) is 8.63. The summed E-state index contributed by atoms with van der Waals surface area (Å²) in [6, 6.07) is 14.4. The number of hydrogen-bond donors (Lipinski definition) is 3. The zero-order valence-electron chi connectivity index (χ0n) is 20.4. The van der Waals surface area contributed by atoms with Gasteiger partial charge in [0.2, 0.25) is 5.91 Å². The van der Waals surface area contributed by atoms with E-state index in [9.17, 15) is 14.4 Å². The van der Waals surface area contributed by atoms with Crippen molar-refractivity contribution in [1.29, 1.82) is 0 Å². The average molecular weight is 489 g/mol. The Labute approximate surface area is 210 Å². The molecule has 2 aromatic carbocycles. The maximum atomic E-state index is 13.2. The van der Waals surface area contributed by atoms with Crippen LogP contribution in [0.4, 0.5) is 16.2 Å². The Hall–Kier alpha value is -4.14. The molecule has 0 bridgehead atoms. The number of nitrogens with zero attached hydrogens (tertiary/aromatic N) is 3. The Balaban J connectivity index is 1.26. The third-order valence-corrected chi connectivity index (χ3v) is 6.22. The summed E-state index contributed by atoms with van der Waals surface area (Å²) in [4.78, 5) is 43.6. The lowest BCUT2D eigenvalue weighted by atomic mass is 9.97. The summed E-state index contributed by atoms with van der Waals surface area (Å²) in [6.45, 7) is 4.28. The largest absolute Gasteiger partial charge is 0.338 e. The van der Waals surface area contributed by atoms with Gasteiger partial charge in [0.05, 0.1) is 6.33 Å². The fraction of sp³-hybridized carbons (Fsp3) is 0.333. The second-order valence-electron chi connectivity index (χ2n) is 9.14. The van der Waals surface area contributed by atoms with Crippen molar-refractivity contribution in [2.45, 2.75) is 32.7 Å². The first-order valence-electron chi connectivity index (χ1n) is 12.2. The Kier molecular flexibility index (Phi) is 8.33. The highest BCUT2D eigenvalue weighted by Gasteiger charge is 2.25. The van der Waals surface area contributed by atoms with Crippen molar-refractivity contribution >= 4 is 29.2 Å². The van der Waals surface area contributed by atoms with Gasteiger partial charge in [0.1, 0.15) is 0 Å². The van der Waals surface area contributed by atoms with E-state index in [0.29, 0.717) is 43.9 Å². The van der Waals surface area contributed by atoms with E-state index in [4.69, 9.17) is 0 Å². The molecule has 9 heteroatoms. The van der Waals surface area contributed by atoms with Crippen LogP contribution in [0.5, 0.6) is 0 Å². The number of carbonyl (C=O) groups is 3. The van der Waals surface area contributed by atoms with Crippen LogP contribution in [0.15, 0.2) is 67.3 Å². The molecule has 1 aliphatic heterocycles. The van der Waals surface area contributed by atoms with Crippen LogP contribution in [0.25, 0.3) is 0 Å². The average Bonchev–Trinajstić information content (AvgIpc) is 3.41. The number of likely N-dealkylation sites (tertiary alicyclic amines) is 1. The summed E-state index contributed by atoms with van der Waals surface area (Å²) >= 11 is 0. The minimum atomic E-state index is -0.251. The summed E-state index contributed by atoms with van der Waals surface area (Å²) in [6.07, 6.45) is 7.29. The summed E-state index contributed by atoms with van der Waals surface area (Å²) in [5.74, 6) is -0.0165. The number of hydrogen-bond acceptors (Lipinski definition) is 4. The van der Waals surface area contributed by atoms with E-state index in [-0.39, 0.29) is 23.8 Å². The van der Waals surface area contributed by atoms with Crippen LogP contribution >= 0.6 is 0 Å². The number of carbonyl (C=O) groups excluding carboxylic acids is 3. The SMILES string of the molecule is Cc1ccc(NC(=O)NCC2CCCN(C(=O)c3cccc(NC(=O)CCn4ccnc4)c3)C2)cc1. The molecule has 0 saturated carbocycles. The first-order valence-corrected chi connectivity index (χ1v) is 12.2. The fourth-order valence-electron chi connectivity index (χ4n) is 4.25. The van der Waals surface area contributed by atoms with Gasteiger partial charge in [0.15, 0.2) is 0 Å². The quantitative estimate of drug-likeness (QED) is 0.447. The molecule has 1 fully saturated rings. The number of aromatic nitrogens is 2. The molecule has 1 aliphatic rings. The van der Waals surface area contributed by atoms with Gasteiger partial charge in [-0.3, -0.25) is 9.59 Å². The number of amides is 4. The predicted molar refractivity (Wildman–Crippen MR) is 139 cm³/mol. The van der Waals surface area contributed by atoms with Crippen molar-refractivity contribution < 1.29 is 14.4 Å². The number of imidazole rings is 1. The van der Waals surface area contributed by atoms with E-state index in [1.807, 2.05) is 46.9 Å². The van der Waals surface area contributed by atoms with Crippen LogP contribution in [0.3, 0.4) is 0 Å². The van der Waals surface area contributed by atoms with E-state index in [1.165, 1.54) is 0 Å². The normalized spacial score (nSPS) is 15.2. The zero-order chi connectivity index (χ0) is 25.3. The van der Waals surface area contributed by atoms with Crippen molar-refractivity contribution in [2.24, 2.45) is 5.92 Å². The van der Waals surface area contributed by atoms with Crippen LogP contribution in [0, 0.1) is 12.8 Å². The van der Waals surface area contributed by atoms with E-state index in [2.05, 4.69) is 20.9 Å². The highest BCUT2D eigenvalue weighted by Crippen LogP contribution is 2.20. The smallest absolute Gasteiger partial charge is 0.319 e. The van der Waals surface area contributed by atoms with Gasteiger partial charge in [-0.05, 0) is 56.0 Å². The molecule has 1 atom stereocenters. The van der Waals surface area contributed by atoms with Crippen LogP contribution in [-0.2, 0) is 11.3 Å². The van der Waals surface area contributed by atoms with Crippen LogP contribution in [-0.4, -0.2) is 51.9 Å². The molecule has 3 aromatic rings. The van der Waals surface area contributed by atoms with Crippen molar-refractivity contribution in [3.05, 3.63) is 78.4 Å². The Morgan fingerprint density at radius 2 is 1.89 bits per heavy atom. The molecule has 0 radical (unpaired) electrons. The third kappa shape index (κ3) is 7.18. The Morgan fingerprint density at radius 1 is 1.06 bits per heavy atom. The second kappa shape index (κ2) is 12.0. The molecule has 3 N–H and O–H groups in total. The highest BCUT2D eigenvalue weighted by atomic mass is 16.2. The van der Waals surface area contributed by atoms with Crippen LogP contribution in [0.1, 0.15) is 35.2 Å². The number of anilines is 2. The maximum Gasteiger partial charge on any atom is 0.319 e. The minimum absolute atomic E-state index is 0.0710. The summed E-state index contributed by atoms with van der Waals surface area (Å²) in [5.41, 5.74) is 3.01. The van der Waals surface area contributed by atoms with Crippen molar-refractivity contribution in [3.8, 4) is 0 Å². The van der Waals surface area contributed by atoms with Gasteiger partial charge in [-0.1, -0.05) is 23.8 Å². The number of aryl methyl sites for hydroxylation is 2. The molecule has 1 unspecified atom stereocenters. The van der Waals surface area contributed by atoms with E-state index in [0.717, 1.165) is 24.1 Å². The molecule has 4 amide bonds. The minimum Gasteiger partial charge on any atom is -0.338 e. The Morgan fingerprint density at radius 3 is 2.67 bits per heavy atom. The number of nitrogens with one attached hydrogen (secondary N) is 3. The van der Waals surface area contributed by atoms with Gasteiger partial charge in [0.25, 0.3) is 5.91 Å². The lowest BCUT2D eigenvalue weighted by Crippen LogP contribution is -2.44. The molecule has 9 nitrogen and oxygen atoms in total. The molecule has 4 rings (SSSR count). The molecule has 1 saturated heterocycles. The standard InChI is InChI=1S/C27H32N6O3/c1-20-7-9-23(10-8-20)31-27(36)29-17-21-4-3-13-33(18-21)26(35)22-5-2-6-24(16-22)30-25(34)11-14-32-15-12-28-19-32/h2,5-10,12,15-16,19,21H,3-4,11,13-14,17-18H2,1H3,(H,30,34)(H2,29,31,36). The summed E-state index contributed by atoms with van der Waals surface area (Å²) in [7, 11) is 0. The number of piperidine rings is 1. The molecule has 188 valence electrons. The van der Waals surface area contributed by atoms with Crippen LogP contribution in [0.2, 0.25) is 0 Å². The first kappa shape index (κ1) is 25.0. The summed E-state index contributed by atoms with van der Waals surface area (Å²) < 4.78 is 1.84. The van der Waals surface area contributed by atoms with E-state index >= 15 is 0 Å². The van der Waals surface area contributed by atoms with Crippen molar-refractivity contribution in [3.63, 3.8) is 0 Å². The lowest BCUT2D eigenvalue weighted by Gasteiger charge is -2.33. The van der Waals surface area contributed by atoms with Gasteiger partial charge >= 0.3 is 6.03 Å². The van der Waals surface area contributed by atoms with Gasteiger partial charge in [-0.2, -0.15) is 0 Å². The van der Waals surface area contributed by atoms with E-state index < -0.39 is 0 Å². The second-order valence-corrected chi connectivity index (χ2v) is 9.14. The predicted octanol–water partition coefficient (Wildman–Crippen LogP) is 3.89. The van der Waals surface area contributed by atoms with Gasteiger partial charge in [-0.15, -0.1) is 0 Å².